The van der Waals surface area contributed by atoms with Gasteiger partial charge in [-0.05, 0) is 31.6 Å². The molecule has 132 valence electrons. The number of hydrogen-bond acceptors (Lipinski definition) is 6. The van der Waals surface area contributed by atoms with E-state index in [1.165, 1.54) is 12.8 Å². The largest absolute Gasteiger partial charge is 0.384 e. The van der Waals surface area contributed by atoms with Crippen molar-refractivity contribution in [2.45, 2.75) is 40.2 Å². The normalized spacial score (nSPS) is 18.5. The molecule has 1 aliphatic rings. The van der Waals surface area contributed by atoms with Gasteiger partial charge in [-0.1, -0.05) is 13.8 Å². The van der Waals surface area contributed by atoms with Gasteiger partial charge in [-0.2, -0.15) is 0 Å². The van der Waals surface area contributed by atoms with Crippen molar-refractivity contribution < 1.29 is 4.74 Å². The predicted molar refractivity (Wildman–Crippen MR) is 97.5 cm³/mol. The van der Waals surface area contributed by atoms with Gasteiger partial charge in [0.25, 0.3) is 0 Å². The molecule has 0 unspecified atom stereocenters. The molecule has 0 aliphatic carbocycles. The van der Waals surface area contributed by atoms with Crippen LogP contribution < -0.4 is 4.90 Å². The highest BCUT2D eigenvalue weighted by atomic mass is 32.1. The van der Waals surface area contributed by atoms with E-state index in [1.807, 2.05) is 12.4 Å². The molecule has 6 nitrogen and oxygen atoms in total. The number of hydrogen-bond donors (Lipinski definition) is 0. The maximum absolute atomic E-state index is 5.36. The molecule has 3 rings (SSSR count). The molecule has 24 heavy (non-hydrogen) atoms. The Hall–Kier alpha value is -1.47. The topological polar surface area (TPSA) is 56.1 Å². The van der Waals surface area contributed by atoms with Crippen molar-refractivity contribution in [3.05, 3.63) is 11.2 Å². The van der Waals surface area contributed by atoms with E-state index in [2.05, 4.69) is 38.5 Å². The minimum Gasteiger partial charge on any atom is -0.384 e. The third-order valence-electron chi connectivity index (χ3n) is 4.43. The minimum absolute atomic E-state index is 0.534. The van der Waals surface area contributed by atoms with Crippen LogP contribution >= 0.6 is 11.3 Å². The Morgan fingerprint density at radius 1 is 1.38 bits per heavy atom. The van der Waals surface area contributed by atoms with E-state index in [9.17, 15) is 0 Å². The van der Waals surface area contributed by atoms with Crippen molar-refractivity contribution in [2.75, 3.05) is 31.7 Å². The highest BCUT2D eigenvalue weighted by Gasteiger charge is 2.26. The molecule has 2 aromatic rings. The zero-order chi connectivity index (χ0) is 17.1. The fourth-order valence-electron chi connectivity index (χ4n) is 3.36. The molecule has 3 heterocycles. The van der Waals surface area contributed by atoms with Crippen molar-refractivity contribution in [3.8, 4) is 10.7 Å². The second kappa shape index (κ2) is 7.61. The first kappa shape index (κ1) is 17.4. The van der Waals surface area contributed by atoms with Crippen LogP contribution in [0, 0.1) is 18.8 Å². The SMILES string of the molecule is COC[C@H]1CCCN(c2nnc(-c3scnc3C)n2CC(C)C)C1. The minimum atomic E-state index is 0.534. The van der Waals surface area contributed by atoms with Crippen LogP contribution in [-0.2, 0) is 11.3 Å². The van der Waals surface area contributed by atoms with Gasteiger partial charge in [0.1, 0.15) is 0 Å². The van der Waals surface area contributed by atoms with E-state index in [0.29, 0.717) is 11.8 Å². The summed E-state index contributed by atoms with van der Waals surface area (Å²) >= 11 is 1.64. The summed E-state index contributed by atoms with van der Waals surface area (Å²) in [5.41, 5.74) is 2.91. The predicted octanol–water partition coefficient (Wildman–Crippen LogP) is 3.23. The summed E-state index contributed by atoms with van der Waals surface area (Å²) < 4.78 is 7.64. The quantitative estimate of drug-likeness (QED) is 0.801. The zero-order valence-corrected chi connectivity index (χ0v) is 15.8. The fraction of sp³-hybridized carbons (Fsp3) is 0.706. The maximum atomic E-state index is 5.36. The van der Waals surface area contributed by atoms with Crippen molar-refractivity contribution in [2.24, 2.45) is 11.8 Å². The van der Waals surface area contributed by atoms with Gasteiger partial charge < -0.3 is 9.64 Å². The average molecular weight is 350 g/mol. The number of ether oxygens (including phenoxy) is 1. The van der Waals surface area contributed by atoms with Crippen LogP contribution in [0.3, 0.4) is 0 Å². The first-order valence-electron chi connectivity index (χ1n) is 8.67. The molecule has 0 amide bonds. The van der Waals surface area contributed by atoms with Crippen LogP contribution in [0.5, 0.6) is 0 Å². The number of nitrogens with zero attached hydrogens (tertiary/aromatic N) is 5. The Morgan fingerprint density at radius 3 is 2.88 bits per heavy atom. The van der Waals surface area contributed by atoms with Crippen LogP contribution in [0.25, 0.3) is 10.7 Å². The molecular formula is C17H27N5OS. The van der Waals surface area contributed by atoms with E-state index in [1.54, 1.807) is 18.4 Å². The van der Waals surface area contributed by atoms with Gasteiger partial charge in [-0.15, -0.1) is 21.5 Å². The lowest BCUT2D eigenvalue weighted by molar-refractivity contribution is 0.142. The molecular weight excluding hydrogens is 322 g/mol. The third-order valence-corrected chi connectivity index (χ3v) is 5.36. The van der Waals surface area contributed by atoms with Gasteiger partial charge in [0.05, 0.1) is 22.7 Å². The maximum Gasteiger partial charge on any atom is 0.227 e. The standard InChI is InChI=1S/C17H27N5OS/c1-12(2)8-22-16(15-13(3)18-11-24-15)19-20-17(22)21-7-5-6-14(9-21)10-23-4/h11-12,14H,5-10H2,1-4H3/t14-/m0/s1. The van der Waals surface area contributed by atoms with E-state index >= 15 is 0 Å². The molecule has 7 heteroatoms. The first-order chi connectivity index (χ1) is 11.6. The van der Waals surface area contributed by atoms with E-state index in [-0.39, 0.29) is 0 Å². The van der Waals surface area contributed by atoms with Crippen molar-refractivity contribution in [1.82, 2.24) is 19.7 Å². The molecule has 1 atom stereocenters. The lowest BCUT2D eigenvalue weighted by Crippen LogP contribution is -2.38. The summed E-state index contributed by atoms with van der Waals surface area (Å²) in [5, 5.41) is 9.09. The summed E-state index contributed by atoms with van der Waals surface area (Å²) in [7, 11) is 1.78. The van der Waals surface area contributed by atoms with Crippen LogP contribution in [0.15, 0.2) is 5.51 Å². The van der Waals surface area contributed by atoms with Crippen LogP contribution in [0.1, 0.15) is 32.4 Å². The number of thiazole rings is 1. The first-order valence-corrected chi connectivity index (χ1v) is 9.55. The van der Waals surface area contributed by atoms with Crippen LogP contribution in [0.4, 0.5) is 5.95 Å². The Kier molecular flexibility index (Phi) is 5.50. The lowest BCUT2D eigenvalue weighted by atomic mass is 9.99. The molecule has 1 aliphatic heterocycles. The summed E-state index contributed by atoms with van der Waals surface area (Å²) in [6.07, 6.45) is 2.40. The van der Waals surface area contributed by atoms with Gasteiger partial charge in [-0.25, -0.2) is 4.98 Å². The van der Waals surface area contributed by atoms with Gasteiger partial charge in [0.15, 0.2) is 5.82 Å². The van der Waals surface area contributed by atoms with Gasteiger partial charge >= 0.3 is 0 Å². The fourth-order valence-corrected chi connectivity index (χ4v) is 4.16. The average Bonchev–Trinajstić information content (AvgIpc) is 3.13. The molecule has 1 saturated heterocycles. The molecule has 0 radical (unpaired) electrons. The van der Waals surface area contributed by atoms with Crippen molar-refractivity contribution >= 4 is 17.3 Å². The van der Waals surface area contributed by atoms with E-state index in [4.69, 9.17) is 4.74 Å². The summed E-state index contributed by atoms with van der Waals surface area (Å²) in [4.78, 5) is 7.88. The molecule has 0 bridgehead atoms. The van der Waals surface area contributed by atoms with Crippen LogP contribution in [-0.4, -0.2) is 46.6 Å². The van der Waals surface area contributed by atoms with Gasteiger partial charge in [-0.3, -0.25) is 4.57 Å². The van der Waals surface area contributed by atoms with Gasteiger partial charge in [0.2, 0.25) is 5.95 Å². The highest BCUT2D eigenvalue weighted by Crippen LogP contribution is 2.31. The molecule has 0 N–H and O–H groups in total. The Morgan fingerprint density at radius 2 is 2.21 bits per heavy atom. The van der Waals surface area contributed by atoms with Gasteiger partial charge in [0, 0.05) is 26.7 Å². The number of aromatic nitrogens is 4. The van der Waals surface area contributed by atoms with E-state index < -0.39 is 0 Å². The second-order valence-electron chi connectivity index (χ2n) is 7.00. The van der Waals surface area contributed by atoms with E-state index in [0.717, 1.165) is 48.6 Å². The summed E-state index contributed by atoms with van der Waals surface area (Å²) in [6.45, 7) is 10.3. The Bertz CT molecular complexity index is 664. The van der Waals surface area contributed by atoms with Crippen LogP contribution in [0.2, 0.25) is 0 Å². The number of rotatable bonds is 6. The smallest absolute Gasteiger partial charge is 0.227 e. The number of anilines is 1. The Balaban J connectivity index is 1.93. The van der Waals surface area contributed by atoms with Crippen molar-refractivity contribution in [3.63, 3.8) is 0 Å². The molecule has 2 aromatic heterocycles. The molecule has 0 spiro atoms. The molecule has 1 fully saturated rings. The Labute approximate surface area is 147 Å². The molecule has 0 aromatic carbocycles. The zero-order valence-electron chi connectivity index (χ0n) is 15.0. The monoisotopic (exact) mass is 349 g/mol. The third kappa shape index (κ3) is 3.62. The molecule has 0 saturated carbocycles. The summed E-state index contributed by atoms with van der Waals surface area (Å²) in [6, 6.07) is 0. The second-order valence-corrected chi connectivity index (χ2v) is 7.86. The number of methoxy groups -OCH3 is 1. The lowest BCUT2D eigenvalue weighted by Gasteiger charge is -2.33. The highest BCUT2D eigenvalue weighted by molar-refractivity contribution is 7.13. The summed E-state index contributed by atoms with van der Waals surface area (Å²) in [5.74, 6) is 3.05. The van der Waals surface area contributed by atoms with Crippen molar-refractivity contribution in [1.29, 1.82) is 0 Å². The number of aryl methyl sites for hydroxylation is 1. The number of piperidine rings is 1.